The fourth-order valence-corrected chi connectivity index (χ4v) is 4.79. The summed E-state index contributed by atoms with van der Waals surface area (Å²) in [5.74, 6) is 0.697. The van der Waals surface area contributed by atoms with E-state index in [-0.39, 0.29) is 5.56 Å². The molecule has 32 heavy (non-hydrogen) atoms. The van der Waals surface area contributed by atoms with Crippen molar-refractivity contribution < 1.29 is 0 Å². The Balaban J connectivity index is 1.36. The van der Waals surface area contributed by atoms with Gasteiger partial charge in [0.25, 0.3) is 5.56 Å². The van der Waals surface area contributed by atoms with E-state index in [0.29, 0.717) is 28.7 Å². The van der Waals surface area contributed by atoms with E-state index < -0.39 is 0 Å². The number of hydrogen-bond acceptors (Lipinski definition) is 3. The van der Waals surface area contributed by atoms with Gasteiger partial charge in [0.05, 0.1) is 11.4 Å². The van der Waals surface area contributed by atoms with Gasteiger partial charge in [-0.3, -0.25) is 4.79 Å². The number of nitrogens with one attached hydrogen (secondary N) is 2. The summed E-state index contributed by atoms with van der Waals surface area (Å²) in [6.07, 6.45) is 6.64. The molecule has 5 rings (SSSR count). The third kappa shape index (κ3) is 4.17. The van der Waals surface area contributed by atoms with Crippen LogP contribution in [0.5, 0.6) is 0 Å². The van der Waals surface area contributed by atoms with Gasteiger partial charge in [-0.05, 0) is 73.7 Å². The molecule has 6 heteroatoms. The summed E-state index contributed by atoms with van der Waals surface area (Å²) in [6.45, 7) is 2.41. The predicted octanol–water partition coefficient (Wildman–Crippen LogP) is 6.34. The van der Waals surface area contributed by atoms with E-state index in [1.807, 2.05) is 37.3 Å². The summed E-state index contributed by atoms with van der Waals surface area (Å²) < 4.78 is 1.75. The van der Waals surface area contributed by atoms with Crippen LogP contribution in [0.4, 0.5) is 5.69 Å². The zero-order chi connectivity index (χ0) is 22.1. The van der Waals surface area contributed by atoms with Crippen LogP contribution in [0.1, 0.15) is 54.8 Å². The van der Waals surface area contributed by atoms with Crippen molar-refractivity contribution in [3.05, 3.63) is 86.8 Å². The van der Waals surface area contributed by atoms with Gasteiger partial charge < -0.3 is 10.3 Å². The normalized spacial score (nSPS) is 14.7. The number of aryl methyl sites for hydroxylation is 1. The standard InChI is InChI=1S/C26H27ClN4O/c1-17-24-15-20(16-28-22-11-7-19(8-12-22)18-5-3-2-4-6-18)26(32)29-25(24)31(30-17)23-13-9-21(27)10-14-23/h7-15,18,28H,2-6,16H2,1H3,(H,29,32). The summed E-state index contributed by atoms with van der Waals surface area (Å²) in [4.78, 5) is 15.8. The first kappa shape index (κ1) is 20.8. The van der Waals surface area contributed by atoms with E-state index in [2.05, 4.69) is 39.7 Å². The van der Waals surface area contributed by atoms with Crippen LogP contribution in [0.2, 0.25) is 5.02 Å². The Morgan fingerprint density at radius 3 is 2.50 bits per heavy atom. The second-order valence-electron chi connectivity index (χ2n) is 8.67. The average molecular weight is 447 g/mol. The van der Waals surface area contributed by atoms with Crippen LogP contribution in [0.25, 0.3) is 16.7 Å². The van der Waals surface area contributed by atoms with Crippen molar-refractivity contribution in [2.24, 2.45) is 0 Å². The molecule has 2 aromatic heterocycles. The summed E-state index contributed by atoms with van der Waals surface area (Å²) >= 11 is 6.01. The Labute approximate surface area is 192 Å². The summed E-state index contributed by atoms with van der Waals surface area (Å²) in [6, 6.07) is 18.1. The van der Waals surface area contributed by atoms with E-state index in [1.165, 1.54) is 37.7 Å². The monoisotopic (exact) mass is 446 g/mol. The molecular weight excluding hydrogens is 420 g/mol. The molecular formula is C26H27ClN4O. The molecule has 0 bridgehead atoms. The van der Waals surface area contributed by atoms with Gasteiger partial charge in [-0.1, -0.05) is 43.0 Å². The van der Waals surface area contributed by atoms with Gasteiger partial charge in [-0.25, -0.2) is 4.68 Å². The van der Waals surface area contributed by atoms with Crippen molar-refractivity contribution in [3.8, 4) is 5.69 Å². The van der Waals surface area contributed by atoms with Crippen molar-refractivity contribution in [3.63, 3.8) is 0 Å². The lowest BCUT2D eigenvalue weighted by Crippen LogP contribution is -2.16. The number of H-pyrrole nitrogens is 1. The summed E-state index contributed by atoms with van der Waals surface area (Å²) in [7, 11) is 0. The van der Waals surface area contributed by atoms with Gasteiger partial charge in [0, 0.05) is 28.2 Å². The lowest BCUT2D eigenvalue weighted by molar-refractivity contribution is 0.443. The molecule has 0 radical (unpaired) electrons. The van der Waals surface area contributed by atoms with Gasteiger partial charge >= 0.3 is 0 Å². The quantitative estimate of drug-likeness (QED) is 0.376. The first-order chi connectivity index (χ1) is 15.6. The Hall–Kier alpha value is -3.05. The highest BCUT2D eigenvalue weighted by molar-refractivity contribution is 6.30. The number of rotatable bonds is 5. The zero-order valence-corrected chi connectivity index (χ0v) is 19.0. The van der Waals surface area contributed by atoms with Crippen LogP contribution in [0.3, 0.4) is 0 Å². The number of benzene rings is 2. The minimum atomic E-state index is -0.112. The highest BCUT2D eigenvalue weighted by Crippen LogP contribution is 2.33. The summed E-state index contributed by atoms with van der Waals surface area (Å²) in [5, 5.41) is 9.62. The van der Waals surface area contributed by atoms with Crippen LogP contribution in [0.15, 0.2) is 59.4 Å². The average Bonchev–Trinajstić information content (AvgIpc) is 3.14. The molecule has 5 nitrogen and oxygen atoms in total. The van der Waals surface area contributed by atoms with Gasteiger partial charge in [0.2, 0.25) is 0 Å². The number of anilines is 1. The van der Waals surface area contributed by atoms with Crippen LogP contribution < -0.4 is 10.9 Å². The van der Waals surface area contributed by atoms with Gasteiger partial charge in [-0.2, -0.15) is 5.10 Å². The fourth-order valence-electron chi connectivity index (χ4n) is 4.67. The maximum absolute atomic E-state index is 12.8. The molecule has 1 saturated carbocycles. The van der Waals surface area contributed by atoms with Crippen molar-refractivity contribution in [1.82, 2.24) is 14.8 Å². The lowest BCUT2D eigenvalue weighted by Gasteiger charge is -2.22. The Bertz CT molecular complexity index is 1280. The van der Waals surface area contributed by atoms with Crippen molar-refractivity contribution in [2.45, 2.75) is 51.5 Å². The molecule has 1 aliphatic carbocycles. The topological polar surface area (TPSA) is 62.7 Å². The lowest BCUT2D eigenvalue weighted by atomic mass is 9.84. The highest BCUT2D eigenvalue weighted by Gasteiger charge is 2.16. The maximum Gasteiger partial charge on any atom is 0.254 e. The first-order valence-electron chi connectivity index (χ1n) is 11.3. The molecule has 1 fully saturated rings. The molecule has 0 unspecified atom stereocenters. The Morgan fingerprint density at radius 2 is 1.78 bits per heavy atom. The Kier molecular flexibility index (Phi) is 5.75. The van der Waals surface area contributed by atoms with E-state index >= 15 is 0 Å². The number of fused-ring (bicyclic) bond motifs is 1. The van der Waals surface area contributed by atoms with Gasteiger partial charge in [0.1, 0.15) is 5.65 Å². The molecule has 0 spiro atoms. The largest absolute Gasteiger partial charge is 0.381 e. The number of aromatic amines is 1. The van der Waals surface area contributed by atoms with Crippen molar-refractivity contribution >= 4 is 28.3 Å². The smallest absolute Gasteiger partial charge is 0.254 e. The van der Waals surface area contributed by atoms with E-state index in [1.54, 1.807) is 4.68 Å². The van der Waals surface area contributed by atoms with Crippen molar-refractivity contribution in [2.75, 3.05) is 5.32 Å². The van der Waals surface area contributed by atoms with E-state index in [9.17, 15) is 4.79 Å². The number of pyridine rings is 1. The van der Waals surface area contributed by atoms with Crippen LogP contribution in [-0.2, 0) is 6.54 Å². The molecule has 164 valence electrons. The molecule has 0 aliphatic heterocycles. The molecule has 2 N–H and O–H groups in total. The molecule has 4 aromatic rings. The number of hydrogen-bond donors (Lipinski definition) is 2. The molecule has 1 aliphatic rings. The van der Waals surface area contributed by atoms with E-state index in [0.717, 1.165) is 22.5 Å². The van der Waals surface area contributed by atoms with Gasteiger partial charge in [-0.15, -0.1) is 0 Å². The zero-order valence-electron chi connectivity index (χ0n) is 18.2. The minimum absolute atomic E-state index is 0.112. The second kappa shape index (κ2) is 8.83. The second-order valence-corrected chi connectivity index (χ2v) is 9.11. The van der Waals surface area contributed by atoms with Crippen LogP contribution >= 0.6 is 11.6 Å². The van der Waals surface area contributed by atoms with Crippen molar-refractivity contribution in [1.29, 1.82) is 0 Å². The third-order valence-electron chi connectivity index (χ3n) is 6.49. The molecule has 0 saturated heterocycles. The first-order valence-corrected chi connectivity index (χ1v) is 11.7. The number of aromatic nitrogens is 3. The predicted molar refractivity (Wildman–Crippen MR) is 131 cm³/mol. The van der Waals surface area contributed by atoms with E-state index in [4.69, 9.17) is 11.6 Å². The molecule has 2 heterocycles. The van der Waals surface area contributed by atoms with Crippen LogP contribution in [0, 0.1) is 6.92 Å². The molecule has 0 atom stereocenters. The Morgan fingerprint density at radius 1 is 1.06 bits per heavy atom. The third-order valence-corrected chi connectivity index (χ3v) is 6.74. The highest BCUT2D eigenvalue weighted by atomic mass is 35.5. The molecule has 2 aromatic carbocycles. The minimum Gasteiger partial charge on any atom is -0.381 e. The van der Waals surface area contributed by atoms with Gasteiger partial charge in [0.15, 0.2) is 0 Å². The number of nitrogens with zero attached hydrogens (tertiary/aromatic N) is 2. The maximum atomic E-state index is 12.8. The summed E-state index contributed by atoms with van der Waals surface area (Å²) in [5.41, 5.74) is 5.44. The van der Waals surface area contributed by atoms with Crippen LogP contribution in [-0.4, -0.2) is 14.8 Å². The number of halogens is 1. The SMILES string of the molecule is Cc1nn(-c2ccc(Cl)cc2)c2[nH]c(=O)c(CNc3ccc(C4CCCCC4)cc3)cc12. The molecule has 0 amide bonds. The fraction of sp³-hybridized carbons (Fsp3) is 0.308.